The van der Waals surface area contributed by atoms with E-state index in [4.69, 9.17) is 9.47 Å². The van der Waals surface area contributed by atoms with Crippen molar-refractivity contribution < 1.29 is 27.4 Å². The zero-order valence-corrected chi connectivity index (χ0v) is 15.8. The van der Waals surface area contributed by atoms with Crippen LogP contribution in [0, 0.1) is 0 Å². The van der Waals surface area contributed by atoms with Crippen LogP contribution in [0.1, 0.15) is 12.5 Å². The van der Waals surface area contributed by atoms with Gasteiger partial charge in [0.05, 0.1) is 13.2 Å². The molecule has 0 radical (unpaired) electrons. The third-order valence-electron chi connectivity index (χ3n) is 4.02. The standard InChI is InChI=1S/C17H24F3N5O3/c1-3-27-16(26)25-10-8-24(9-11-25)15(21-2)23-7-12-28-14-13(17(18,19)20)5-4-6-22-14/h4-6H,3,7-12H2,1-2H3,(H,21,23). The van der Waals surface area contributed by atoms with E-state index in [-0.39, 0.29) is 19.2 Å². The van der Waals surface area contributed by atoms with Crippen molar-refractivity contribution in [2.45, 2.75) is 13.1 Å². The highest BCUT2D eigenvalue weighted by molar-refractivity contribution is 5.80. The Bertz CT molecular complexity index is 676. The number of hydrogen-bond donors (Lipinski definition) is 1. The van der Waals surface area contributed by atoms with Crippen molar-refractivity contribution in [3.8, 4) is 5.88 Å². The second-order valence-electron chi connectivity index (χ2n) is 5.85. The Morgan fingerprint density at radius 1 is 1.29 bits per heavy atom. The van der Waals surface area contributed by atoms with Crippen LogP contribution < -0.4 is 10.1 Å². The Hall–Kier alpha value is -2.72. The number of carbonyl (C=O) groups is 1. The van der Waals surface area contributed by atoms with Gasteiger partial charge in [0.1, 0.15) is 12.2 Å². The monoisotopic (exact) mass is 403 g/mol. The summed E-state index contributed by atoms with van der Waals surface area (Å²) in [5.41, 5.74) is -0.908. The lowest BCUT2D eigenvalue weighted by Gasteiger charge is -2.35. The van der Waals surface area contributed by atoms with Crippen LogP contribution in [0.15, 0.2) is 23.3 Å². The van der Waals surface area contributed by atoms with E-state index in [1.54, 1.807) is 18.9 Å². The maximum absolute atomic E-state index is 12.9. The van der Waals surface area contributed by atoms with Gasteiger partial charge in [0.25, 0.3) is 0 Å². The molecule has 0 unspecified atom stereocenters. The van der Waals surface area contributed by atoms with Crippen molar-refractivity contribution >= 4 is 12.1 Å². The molecule has 0 aromatic carbocycles. The lowest BCUT2D eigenvalue weighted by atomic mass is 10.2. The van der Waals surface area contributed by atoms with E-state index in [0.717, 1.165) is 6.07 Å². The molecule has 1 N–H and O–H groups in total. The lowest BCUT2D eigenvalue weighted by molar-refractivity contribution is -0.139. The first-order valence-corrected chi connectivity index (χ1v) is 8.89. The fourth-order valence-electron chi connectivity index (χ4n) is 2.68. The molecule has 0 aliphatic carbocycles. The van der Waals surface area contributed by atoms with E-state index >= 15 is 0 Å². The fourth-order valence-corrected chi connectivity index (χ4v) is 2.68. The zero-order valence-electron chi connectivity index (χ0n) is 15.8. The molecule has 156 valence electrons. The highest BCUT2D eigenvalue weighted by Crippen LogP contribution is 2.34. The average Bonchev–Trinajstić information content (AvgIpc) is 2.68. The number of aliphatic imine (C=N–C) groups is 1. The number of nitrogens with zero attached hydrogens (tertiary/aromatic N) is 4. The number of halogens is 3. The van der Waals surface area contributed by atoms with Crippen molar-refractivity contribution in [3.05, 3.63) is 23.9 Å². The molecule has 2 heterocycles. The second kappa shape index (κ2) is 10.00. The molecule has 0 atom stereocenters. The first kappa shape index (κ1) is 21.6. The number of piperazine rings is 1. The molecule has 11 heteroatoms. The van der Waals surface area contributed by atoms with Crippen molar-refractivity contribution in [1.29, 1.82) is 0 Å². The Kier molecular flexibility index (Phi) is 7.70. The molecule has 1 aromatic heterocycles. The zero-order chi connectivity index (χ0) is 20.6. The quantitative estimate of drug-likeness (QED) is 0.459. The van der Waals surface area contributed by atoms with Crippen molar-refractivity contribution in [3.63, 3.8) is 0 Å². The molecule has 1 saturated heterocycles. The summed E-state index contributed by atoms with van der Waals surface area (Å²) in [6, 6.07) is 2.14. The smallest absolute Gasteiger partial charge is 0.421 e. The predicted molar refractivity (Wildman–Crippen MR) is 96.3 cm³/mol. The molecule has 28 heavy (non-hydrogen) atoms. The van der Waals surface area contributed by atoms with Crippen molar-refractivity contribution in [1.82, 2.24) is 20.1 Å². The van der Waals surface area contributed by atoms with E-state index in [0.29, 0.717) is 38.7 Å². The van der Waals surface area contributed by atoms with Gasteiger partial charge >= 0.3 is 12.3 Å². The van der Waals surface area contributed by atoms with Gasteiger partial charge in [-0.25, -0.2) is 9.78 Å². The van der Waals surface area contributed by atoms with Crippen LogP contribution >= 0.6 is 0 Å². The summed E-state index contributed by atoms with van der Waals surface area (Å²) in [6.45, 7) is 4.45. The van der Waals surface area contributed by atoms with Crippen LogP contribution in [0.2, 0.25) is 0 Å². The van der Waals surface area contributed by atoms with Crippen LogP contribution in [0.25, 0.3) is 0 Å². The Labute approximate surface area is 161 Å². The molecular weight excluding hydrogens is 379 g/mol. The normalized spacial score (nSPS) is 15.4. The number of ether oxygens (including phenoxy) is 2. The number of rotatable bonds is 5. The SMILES string of the molecule is CCOC(=O)N1CCN(C(=NC)NCCOc2ncccc2C(F)(F)F)CC1. The van der Waals surface area contributed by atoms with Gasteiger partial charge in [0.2, 0.25) is 5.88 Å². The third kappa shape index (κ3) is 5.89. The van der Waals surface area contributed by atoms with Gasteiger partial charge in [-0.3, -0.25) is 4.99 Å². The molecule has 1 aromatic rings. The van der Waals surface area contributed by atoms with Gasteiger partial charge in [0, 0.05) is 39.4 Å². The number of hydrogen-bond acceptors (Lipinski definition) is 5. The molecule has 0 bridgehead atoms. The van der Waals surface area contributed by atoms with E-state index in [2.05, 4.69) is 15.3 Å². The molecule has 0 spiro atoms. The molecule has 1 amide bonds. The minimum atomic E-state index is -4.52. The van der Waals surface area contributed by atoms with Crippen LogP contribution in [0.3, 0.4) is 0 Å². The molecule has 8 nitrogen and oxygen atoms in total. The highest BCUT2D eigenvalue weighted by atomic mass is 19.4. The molecule has 0 saturated carbocycles. The van der Waals surface area contributed by atoms with Gasteiger partial charge in [-0.05, 0) is 19.1 Å². The number of amides is 1. The summed E-state index contributed by atoms with van der Waals surface area (Å²) in [5.74, 6) is 0.138. The predicted octanol–water partition coefficient (Wildman–Crippen LogP) is 1.83. The molecule has 2 rings (SSSR count). The molecule has 1 aliphatic rings. The van der Waals surface area contributed by atoms with E-state index in [9.17, 15) is 18.0 Å². The van der Waals surface area contributed by atoms with Crippen LogP contribution in [0.4, 0.5) is 18.0 Å². The van der Waals surface area contributed by atoms with Crippen molar-refractivity contribution in [2.24, 2.45) is 4.99 Å². The first-order valence-electron chi connectivity index (χ1n) is 8.89. The van der Waals surface area contributed by atoms with Gasteiger partial charge in [-0.1, -0.05) is 0 Å². The number of nitrogens with one attached hydrogen (secondary N) is 1. The topological polar surface area (TPSA) is 79.3 Å². The first-order chi connectivity index (χ1) is 13.4. The second-order valence-corrected chi connectivity index (χ2v) is 5.85. The maximum Gasteiger partial charge on any atom is 0.421 e. The lowest BCUT2D eigenvalue weighted by Crippen LogP contribution is -2.54. The third-order valence-corrected chi connectivity index (χ3v) is 4.02. The number of carbonyl (C=O) groups excluding carboxylic acids is 1. The largest absolute Gasteiger partial charge is 0.475 e. The fraction of sp³-hybridized carbons (Fsp3) is 0.588. The van der Waals surface area contributed by atoms with Gasteiger partial charge in [-0.2, -0.15) is 13.2 Å². The summed E-state index contributed by atoms with van der Waals surface area (Å²) in [4.78, 5) is 23.1. The summed E-state index contributed by atoms with van der Waals surface area (Å²) in [5, 5.41) is 3.04. The Morgan fingerprint density at radius 2 is 1.96 bits per heavy atom. The summed E-state index contributed by atoms with van der Waals surface area (Å²) >= 11 is 0. The molecular formula is C17H24F3N5O3. The minimum Gasteiger partial charge on any atom is -0.475 e. The number of guanidine groups is 1. The van der Waals surface area contributed by atoms with Gasteiger partial charge < -0.3 is 24.6 Å². The van der Waals surface area contributed by atoms with Crippen LogP contribution in [-0.4, -0.2) is 79.8 Å². The molecule has 1 aliphatic heterocycles. The average molecular weight is 403 g/mol. The highest BCUT2D eigenvalue weighted by Gasteiger charge is 2.35. The number of aromatic nitrogens is 1. The summed E-state index contributed by atoms with van der Waals surface area (Å²) < 4.78 is 48.9. The van der Waals surface area contributed by atoms with Crippen molar-refractivity contribution in [2.75, 3.05) is 53.0 Å². The minimum absolute atomic E-state index is 0.0120. The molecule has 1 fully saturated rings. The van der Waals surface area contributed by atoms with Crippen LogP contribution in [0.5, 0.6) is 5.88 Å². The number of pyridine rings is 1. The maximum atomic E-state index is 12.9. The van der Waals surface area contributed by atoms with E-state index in [1.807, 2.05) is 4.90 Å². The number of alkyl halides is 3. The summed E-state index contributed by atoms with van der Waals surface area (Å²) in [6.07, 6.45) is -3.61. The van der Waals surface area contributed by atoms with E-state index in [1.165, 1.54) is 12.3 Å². The van der Waals surface area contributed by atoms with E-state index < -0.39 is 17.6 Å². The van der Waals surface area contributed by atoms with Gasteiger partial charge in [0.15, 0.2) is 5.96 Å². The Balaban J connectivity index is 1.79. The summed E-state index contributed by atoms with van der Waals surface area (Å²) in [7, 11) is 1.61. The van der Waals surface area contributed by atoms with Gasteiger partial charge in [-0.15, -0.1) is 0 Å². The van der Waals surface area contributed by atoms with Crippen LogP contribution in [-0.2, 0) is 10.9 Å². The Morgan fingerprint density at radius 3 is 2.57 bits per heavy atom.